The second-order valence-electron chi connectivity index (χ2n) is 5.20. The van der Waals surface area contributed by atoms with Crippen molar-refractivity contribution in [2.24, 2.45) is 0 Å². The predicted octanol–water partition coefficient (Wildman–Crippen LogP) is 3.03. The second-order valence-corrected chi connectivity index (χ2v) is 5.20. The van der Waals surface area contributed by atoms with Gasteiger partial charge in [0.1, 0.15) is 5.82 Å². The van der Waals surface area contributed by atoms with Crippen molar-refractivity contribution in [2.75, 3.05) is 5.32 Å². The van der Waals surface area contributed by atoms with Crippen molar-refractivity contribution < 1.29 is 9.18 Å². The van der Waals surface area contributed by atoms with Crippen molar-refractivity contribution in [1.29, 1.82) is 0 Å². The molecule has 5 nitrogen and oxygen atoms in total. The van der Waals surface area contributed by atoms with Gasteiger partial charge in [0.2, 0.25) is 0 Å². The monoisotopic (exact) mass is 310 g/mol. The quantitative estimate of drug-likeness (QED) is 0.806. The fourth-order valence-corrected chi connectivity index (χ4v) is 2.17. The summed E-state index contributed by atoms with van der Waals surface area (Å²) >= 11 is 0. The van der Waals surface area contributed by atoms with Crippen LogP contribution in [0.25, 0.3) is 0 Å². The van der Waals surface area contributed by atoms with Crippen LogP contribution in [0.1, 0.15) is 21.6 Å². The molecule has 0 fully saturated rings. The van der Waals surface area contributed by atoms with E-state index in [1.807, 2.05) is 30.3 Å². The smallest absolute Gasteiger partial charge is 0.277 e. The van der Waals surface area contributed by atoms with Crippen molar-refractivity contribution >= 4 is 11.6 Å². The van der Waals surface area contributed by atoms with Crippen molar-refractivity contribution in [1.82, 2.24) is 15.0 Å². The molecule has 0 bridgehead atoms. The number of halogens is 1. The second kappa shape index (κ2) is 6.39. The lowest BCUT2D eigenvalue weighted by Gasteiger charge is -2.06. The molecule has 3 aromatic rings. The number of anilines is 1. The summed E-state index contributed by atoms with van der Waals surface area (Å²) in [4.78, 5) is 12.2. The minimum atomic E-state index is -0.419. The molecule has 0 aliphatic rings. The van der Waals surface area contributed by atoms with Gasteiger partial charge in [0.05, 0.1) is 12.7 Å². The molecule has 6 heteroatoms. The Kier molecular flexibility index (Phi) is 4.14. The molecule has 3 rings (SSSR count). The molecule has 23 heavy (non-hydrogen) atoms. The van der Waals surface area contributed by atoms with Crippen molar-refractivity contribution in [3.8, 4) is 0 Å². The Bertz CT molecular complexity index is 830. The van der Waals surface area contributed by atoms with Crippen LogP contribution in [0.5, 0.6) is 0 Å². The van der Waals surface area contributed by atoms with E-state index >= 15 is 0 Å². The topological polar surface area (TPSA) is 59.8 Å². The largest absolute Gasteiger partial charge is 0.320 e. The zero-order chi connectivity index (χ0) is 16.2. The molecule has 1 aromatic heterocycles. The first-order valence-electron chi connectivity index (χ1n) is 7.13. The van der Waals surface area contributed by atoms with E-state index in [-0.39, 0.29) is 5.69 Å². The third-order valence-electron chi connectivity index (χ3n) is 3.41. The summed E-state index contributed by atoms with van der Waals surface area (Å²) in [5, 5.41) is 10.5. The lowest BCUT2D eigenvalue weighted by molar-refractivity contribution is 0.102. The van der Waals surface area contributed by atoms with E-state index in [0.717, 1.165) is 11.1 Å². The Morgan fingerprint density at radius 1 is 1.22 bits per heavy atom. The van der Waals surface area contributed by atoms with Crippen LogP contribution >= 0.6 is 0 Å². The minimum Gasteiger partial charge on any atom is -0.320 e. The Morgan fingerprint density at radius 2 is 2.00 bits per heavy atom. The van der Waals surface area contributed by atoms with Crippen LogP contribution in [0.2, 0.25) is 0 Å². The number of aromatic nitrogens is 3. The summed E-state index contributed by atoms with van der Waals surface area (Å²) in [6.45, 7) is 2.32. The van der Waals surface area contributed by atoms with Gasteiger partial charge in [-0.05, 0) is 30.2 Å². The molecule has 0 spiro atoms. The van der Waals surface area contributed by atoms with Gasteiger partial charge in [0.25, 0.3) is 5.91 Å². The van der Waals surface area contributed by atoms with Gasteiger partial charge in [0, 0.05) is 5.69 Å². The molecule has 0 saturated heterocycles. The van der Waals surface area contributed by atoms with E-state index in [2.05, 4.69) is 15.6 Å². The van der Waals surface area contributed by atoms with E-state index in [1.54, 1.807) is 23.9 Å². The van der Waals surface area contributed by atoms with Gasteiger partial charge in [-0.3, -0.25) is 4.79 Å². The Morgan fingerprint density at radius 3 is 2.78 bits per heavy atom. The van der Waals surface area contributed by atoms with E-state index < -0.39 is 11.7 Å². The summed E-state index contributed by atoms with van der Waals surface area (Å²) in [5.41, 5.74) is 2.44. The molecule has 2 aromatic carbocycles. The normalized spacial score (nSPS) is 10.5. The summed E-state index contributed by atoms with van der Waals surface area (Å²) < 4.78 is 14.8. The van der Waals surface area contributed by atoms with Gasteiger partial charge >= 0.3 is 0 Å². The fraction of sp³-hybridized carbons (Fsp3) is 0.118. The number of nitrogens with zero attached hydrogens (tertiary/aromatic N) is 3. The molecule has 1 heterocycles. The predicted molar refractivity (Wildman–Crippen MR) is 84.7 cm³/mol. The van der Waals surface area contributed by atoms with Crippen LogP contribution in [-0.2, 0) is 6.54 Å². The molecular weight excluding hydrogens is 295 g/mol. The van der Waals surface area contributed by atoms with Crippen LogP contribution in [0, 0.1) is 12.7 Å². The van der Waals surface area contributed by atoms with Crippen LogP contribution in [0.3, 0.4) is 0 Å². The number of benzene rings is 2. The summed E-state index contributed by atoms with van der Waals surface area (Å²) in [5.74, 6) is -0.823. The van der Waals surface area contributed by atoms with Crippen LogP contribution in [0.15, 0.2) is 54.7 Å². The highest BCUT2D eigenvalue weighted by atomic mass is 19.1. The van der Waals surface area contributed by atoms with Crippen LogP contribution < -0.4 is 5.32 Å². The summed E-state index contributed by atoms with van der Waals surface area (Å²) in [6, 6.07) is 14.0. The summed E-state index contributed by atoms with van der Waals surface area (Å²) in [7, 11) is 0. The third kappa shape index (κ3) is 3.60. The lowest BCUT2D eigenvalue weighted by atomic mass is 10.2. The van der Waals surface area contributed by atoms with Gasteiger partial charge in [-0.15, -0.1) is 5.10 Å². The maximum Gasteiger partial charge on any atom is 0.277 e. The zero-order valence-electron chi connectivity index (χ0n) is 12.5. The maximum atomic E-state index is 13.3. The zero-order valence-corrected chi connectivity index (χ0v) is 12.5. The van der Waals surface area contributed by atoms with Crippen molar-refractivity contribution in [3.63, 3.8) is 0 Å². The maximum absolute atomic E-state index is 13.3. The lowest BCUT2D eigenvalue weighted by Crippen LogP contribution is -2.13. The standard InChI is InChI=1S/C17H15FN4O/c1-12-7-8-14(18)9-15(12)19-17(23)16-11-22(21-20-16)10-13-5-3-2-4-6-13/h2-9,11H,10H2,1H3,(H,19,23). The molecule has 1 N–H and O–H groups in total. The van der Waals surface area contributed by atoms with E-state index in [4.69, 9.17) is 0 Å². The molecule has 0 unspecified atom stereocenters. The Labute approximate surface area is 132 Å². The molecule has 0 radical (unpaired) electrons. The minimum absolute atomic E-state index is 0.185. The van der Waals surface area contributed by atoms with Gasteiger partial charge in [-0.1, -0.05) is 41.6 Å². The number of amides is 1. The first kappa shape index (κ1) is 14.9. The molecule has 0 aliphatic heterocycles. The fourth-order valence-electron chi connectivity index (χ4n) is 2.17. The summed E-state index contributed by atoms with van der Waals surface area (Å²) in [6.07, 6.45) is 1.57. The van der Waals surface area contributed by atoms with Crippen LogP contribution in [-0.4, -0.2) is 20.9 Å². The van der Waals surface area contributed by atoms with Gasteiger partial charge in [-0.2, -0.15) is 0 Å². The van der Waals surface area contributed by atoms with Crippen LogP contribution in [0.4, 0.5) is 10.1 Å². The Hall–Kier alpha value is -3.02. The van der Waals surface area contributed by atoms with Gasteiger partial charge < -0.3 is 5.32 Å². The van der Waals surface area contributed by atoms with E-state index in [0.29, 0.717) is 12.2 Å². The molecule has 0 atom stereocenters. The van der Waals surface area contributed by atoms with E-state index in [1.165, 1.54) is 12.1 Å². The third-order valence-corrected chi connectivity index (χ3v) is 3.41. The molecule has 1 amide bonds. The van der Waals surface area contributed by atoms with Crippen molar-refractivity contribution in [3.05, 3.63) is 77.4 Å². The number of nitrogens with one attached hydrogen (secondary N) is 1. The van der Waals surface area contributed by atoms with Gasteiger partial charge in [-0.25, -0.2) is 9.07 Å². The number of carbonyl (C=O) groups excluding carboxylic acids is 1. The number of hydrogen-bond donors (Lipinski definition) is 1. The molecule has 0 aliphatic carbocycles. The highest BCUT2D eigenvalue weighted by Gasteiger charge is 2.12. The number of aryl methyl sites for hydroxylation is 1. The number of carbonyl (C=O) groups is 1. The highest BCUT2D eigenvalue weighted by Crippen LogP contribution is 2.16. The SMILES string of the molecule is Cc1ccc(F)cc1NC(=O)c1cn(Cc2ccccc2)nn1. The highest BCUT2D eigenvalue weighted by molar-refractivity contribution is 6.03. The molecule has 0 saturated carbocycles. The average molecular weight is 310 g/mol. The molecular formula is C17H15FN4O. The first-order chi connectivity index (χ1) is 11.1. The van der Waals surface area contributed by atoms with E-state index in [9.17, 15) is 9.18 Å². The van der Waals surface area contributed by atoms with Gasteiger partial charge in [0.15, 0.2) is 5.69 Å². The number of hydrogen-bond acceptors (Lipinski definition) is 3. The van der Waals surface area contributed by atoms with Crippen molar-refractivity contribution in [2.45, 2.75) is 13.5 Å². The average Bonchev–Trinajstić information content (AvgIpc) is 3.00. The molecule has 116 valence electrons. The number of rotatable bonds is 4. The first-order valence-corrected chi connectivity index (χ1v) is 7.13. The Balaban J connectivity index is 1.72.